The molecule has 0 aliphatic rings. The summed E-state index contributed by atoms with van der Waals surface area (Å²) in [5, 5.41) is 12.4. The molecular weight excluding hydrogens is 383 g/mol. The zero-order valence-corrected chi connectivity index (χ0v) is 14.6. The lowest BCUT2D eigenvalue weighted by atomic mass is 10.3. The Bertz CT molecular complexity index is 773. The van der Waals surface area contributed by atoms with Gasteiger partial charge < -0.3 is 0 Å². The third kappa shape index (κ3) is 7.20. The molecular formula is C16H12Cl2N4O4. The lowest BCUT2D eigenvalue weighted by Gasteiger charge is -2.02. The third-order valence-corrected chi connectivity index (χ3v) is 3.07. The van der Waals surface area contributed by atoms with Crippen molar-refractivity contribution in [1.29, 1.82) is 0 Å². The standard InChI is InChI=1S/C16H12Cl2N4O4/c17-11-3-1-5-13(9-11)21-15(23)25-19-7-8-20-26-16(24)22-14-6-2-4-12(18)10-14/h1-10H,(H,21,23)(H,22,24). The van der Waals surface area contributed by atoms with Gasteiger partial charge in [-0.25, -0.2) is 9.59 Å². The van der Waals surface area contributed by atoms with Gasteiger partial charge >= 0.3 is 12.2 Å². The SMILES string of the molecule is O=C(Nc1cccc(Cl)c1)ON=CC=NOC(=O)Nc1cccc(Cl)c1. The molecule has 2 aromatic rings. The van der Waals surface area contributed by atoms with Crippen molar-refractivity contribution in [3.05, 3.63) is 58.6 Å². The number of amides is 2. The number of oxime groups is 2. The van der Waals surface area contributed by atoms with Crippen LogP contribution >= 0.6 is 23.2 Å². The lowest BCUT2D eigenvalue weighted by molar-refractivity contribution is 0.165. The van der Waals surface area contributed by atoms with Crippen molar-refractivity contribution in [3.63, 3.8) is 0 Å². The Morgan fingerprint density at radius 1 is 0.808 bits per heavy atom. The van der Waals surface area contributed by atoms with Crippen molar-refractivity contribution in [2.24, 2.45) is 10.3 Å². The molecule has 2 rings (SSSR count). The summed E-state index contributed by atoms with van der Waals surface area (Å²) in [4.78, 5) is 31.9. The Morgan fingerprint density at radius 2 is 1.23 bits per heavy atom. The summed E-state index contributed by atoms with van der Waals surface area (Å²) in [6.07, 6.45) is 0.391. The molecule has 0 fully saturated rings. The van der Waals surface area contributed by atoms with Crippen LogP contribution in [0.5, 0.6) is 0 Å². The van der Waals surface area contributed by atoms with E-state index >= 15 is 0 Å². The van der Waals surface area contributed by atoms with Crippen molar-refractivity contribution in [2.75, 3.05) is 10.6 Å². The number of anilines is 2. The predicted molar refractivity (Wildman–Crippen MR) is 100 cm³/mol. The first kappa shape index (κ1) is 19.2. The topological polar surface area (TPSA) is 101 Å². The number of rotatable bonds is 5. The van der Waals surface area contributed by atoms with Crippen molar-refractivity contribution in [3.8, 4) is 0 Å². The summed E-state index contributed by atoms with van der Waals surface area (Å²) >= 11 is 11.6. The smallest absolute Gasteiger partial charge is 0.298 e. The highest BCUT2D eigenvalue weighted by molar-refractivity contribution is 6.31. The van der Waals surface area contributed by atoms with Crippen molar-refractivity contribution >= 4 is 59.2 Å². The van der Waals surface area contributed by atoms with Crippen molar-refractivity contribution < 1.29 is 19.3 Å². The van der Waals surface area contributed by atoms with E-state index in [1.807, 2.05) is 0 Å². The molecule has 0 spiro atoms. The van der Waals surface area contributed by atoms with Gasteiger partial charge in [0.2, 0.25) is 0 Å². The van der Waals surface area contributed by atoms with E-state index in [9.17, 15) is 9.59 Å². The predicted octanol–water partition coefficient (Wildman–Crippen LogP) is 4.76. The first-order valence-electron chi connectivity index (χ1n) is 7.05. The van der Waals surface area contributed by atoms with E-state index in [4.69, 9.17) is 23.2 Å². The summed E-state index contributed by atoms with van der Waals surface area (Å²) in [5.74, 6) is 0. The first-order chi connectivity index (χ1) is 12.5. The Hall–Kier alpha value is -3.10. The van der Waals surface area contributed by atoms with Crippen LogP contribution in [0.4, 0.5) is 21.0 Å². The average Bonchev–Trinajstić information content (AvgIpc) is 2.58. The van der Waals surface area contributed by atoms with Gasteiger partial charge in [0.05, 0.1) is 12.4 Å². The second kappa shape index (κ2) is 10.0. The van der Waals surface area contributed by atoms with Gasteiger partial charge in [-0.15, -0.1) is 0 Å². The molecule has 0 unspecified atom stereocenters. The van der Waals surface area contributed by atoms with Gasteiger partial charge in [0.25, 0.3) is 0 Å². The molecule has 10 heteroatoms. The van der Waals surface area contributed by atoms with Gasteiger partial charge in [0.1, 0.15) is 0 Å². The van der Waals surface area contributed by atoms with E-state index in [2.05, 4.69) is 30.6 Å². The van der Waals surface area contributed by atoms with Gasteiger partial charge in [0.15, 0.2) is 0 Å². The molecule has 0 aliphatic carbocycles. The summed E-state index contributed by atoms with van der Waals surface area (Å²) in [5.41, 5.74) is 0.903. The molecule has 0 atom stereocenters. The van der Waals surface area contributed by atoms with Gasteiger partial charge in [-0.1, -0.05) is 45.6 Å². The van der Waals surface area contributed by atoms with Crippen molar-refractivity contribution in [2.45, 2.75) is 0 Å². The highest BCUT2D eigenvalue weighted by atomic mass is 35.5. The highest BCUT2D eigenvalue weighted by Crippen LogP contribution is 2.15. The molecule has 0 saturated carbocycles. The molecule has 26 heavy (non-hydrogen) atoms. The minimum Gasteiger partial charge on any atom is -0.298 e. The molecule has 0 aliphatic heterocycles. The molecule has 134 valence electrons. The van der Waals surface area contributed by atoms with E-state index in [0.29, 0.717) is 21.4 Å². The van der Waals surface area contributed by atoms with Crippen LogP contribution in [-0.2, 0) is 9.68 Å². The maximum atomic E-state index is 11.5. The number of carbonyl (C=O) groups excluding carboxylic acids is 2. The summed E-state index contributed by atoms with van der Waals surface area (Å²) in [6.45, 7) is 0. The molecule has 0 bridgehead atoms. The monoisotopic (exact) mass is 394 g/mol. The minimum atomic E-state index is -0.823. The molecule has 2 N–H and O–H groups in total. The summed E-state index contributed by atoms with van der Waals surface area (Å²) < 4.78 is 0. The lowest BCUT2D eigenvalue weighted by Crippen LogP contribution is -2.11. The average molecular weight is 395 g/mol. The van der Waals surface area contributed by atoms with Crippen molar-refractivity contribution in [1.82, 2.24) is 0 Å². The summed E-state index contributed by atoms with van der Waals surface area (Å²) in [7, 11) is 0. The van der Waals surface area contributed by atoms with Gasteiger partial charge in [-0.2, -0.15) is 0 Å². The van der Waals surface area contributed by atoms with E-state index in [-0.39, 0.29) is 0 Å². The van der Waals surface area contributed by atoms with Crippen LogP contribution in [0.15, 0.2) is 58.8 Å². The second-order valence-electron chi connectivity index (χ2n) is 4.54. The number of halogens is 2. The van der Waals surface area contributed by atoms with Crippen LogP contribution in [0, 0.1) is 0 Å². The van der Waals surface area contributed by atoms with E-state index in [1.54, 1.807) is 48.5 Å². The molecule has 0 saturated heterocycles. The van der Waals surface area contributed by atoms with Crippen LogP contribution < -0.4 is 10.6 Å². The largest absolute Gasteiger partial charge is 0.437 e. The number of hydrogen-bond acceptors (Lipinski definition) is 6. The number of carbonyl (C=O) groups is 2. The maximum absolute atomic E-state index is 11.5. The van der Waals surface area contributed by atoms with E-state index < -0.39 is 12.2 Å². The van der Waals surface area contributed by atoms with Crippen LogP contribution in [0.25, 0.3) is 0 Å². The van der Waals surface area contributed by atoms with Crippen LogP contribution in [0.3, 0.4) is 0 Å². The molecule has 2 aromatic carbocycles. The maximum Gasteiger partial charge on any atom is 0.437 e. The van der Waals surface area contributed by atoms with Gasteiger partial charge in [-0.3, -0.25) is 20.3 Å². The normalized spacial score (nSPS) is 10.7. The Kier molecular flexibility index (Phi) is 7.41. The number of benzene rings is 2. The first-order valence-corrected chi connectivity index (χ1v) is 7.81. The fourth-order valence-electron chi connectivity index (χ4n) is 1.62. The molecule has 0 heterocycles. The zero-order chi connectivity index (χ0) is 18.8. The fraction of sp³-hybridized carbons (Fsp3) is 0. The number of nitrogens with one attached hydrogen (secondary N) is 2. The Morgan fingerprint density at radius 3 is 1.62 bits per heavy atom. The zero-order valence-electron chi connectivity index (χ0n) is 13.1. The Labute approximate surface area is 158 Å². The Balaban J connectivity index is 1.69. The second-order valence-corrected chi connectivity index (χ2v) is 5.41. The molecule has 0 radical (unpaired) electrons. The van der Waals surface area contributed by atoms with E-state index in [1.165, 1.54) is 0 Å². The number of hydrogen-bond donors (Lipinski definition) is 2. The fourth-order valence-corrected chi connectivity index (χ4v) is 2.01. The highest BCUT2D eigenvalue weighted by Gasteiger charge is 2.03. The summed E-state index contributed by atoms with van der Waals surface area (Å²) in [6, 6.07) is 13.0. The molecule has 2 amide bonds. The number of nitrogens with zero attached hydrogens (tertiary/aromatic N) is 2. The quantitative estimate of drug-likeness (QED) is 0.433. The van der Waals surface area contributed by atoms with Gasteiger partial charge in [-0.05, 0) is 36.4 Å². The minimum absolute atomic E-state index is 0.451. The van der Waals surface area contributed by atoms with Gasteiger partial charge in [0, 0.05) is 21.4 Å². The van der Waals surface area contributed by atoms with Crippen LogP contribution in [0.2, 0.25) is 10.0 Å². The van der Waals surface area contributed by atoms with E-state index in [0.717, 1.165) is 12.4 Å². The third-order valence-electron chi connectivity index (χ3n) is 2.60. The molecule has 0 aromatic heterocycles. The van der Waals surface area contributed by atoms with Crippen LogP contribution in [0.1, 0.15) is 0 Å². The van der Waals surface area contributed by atoms with Crippen LogP contribution in [-0.4, -0.2) is 24.6 Å². The molecule has 8 nitrogen and oxygen atoms in total.